The molecule has 0 aliphatic carbocycles. The fourth-order valence-corrected chi connectivity index (χ4v) is 2.66. The van der Waals surface area contributed by atoms with Crippen LogP contribution >= 0.6 is 0 Å². The number of aromatic nitrogens is 3. The Bertz CT molecular complexity index is 671. The zero-order valence-corrected chi connectivity index (χ0v) is 14.1. The van der Waals surface area contributed by atoms with Crippen molar-refractivity contribution in [3.63, 3.8) is 0 Å². The van der Waals surface area contributed by atoms with E-state index in [-0.39, 0.29) is 12.1 Å². The van der Waals surface area contributed by atoms with Crippen molar-refractivity contribution in [3.05, 3.63) is 42.5 Å². The van der Waals surface area contributed by atoms with Crippen molar-refractivity contribution in [2.24, 2.45) is 0 Å². The zero-order chi connectivity index (χ0) is 16.9. The molecule has 24 heavy (non-hydrogen) atoms. The highest BCUT2D eigenvalue weighted by atomic mass is 16.5. The maximum atomic E-state index is 12.3. The van der Waals surface area contributed by atoms with Crippen molar-refractivity contribution in [1.29, 1.82) is 0 Å². The van der Waals surface area contributed by atoms with E-state index < -0.39 is 0 Å². The average Bonchev–Trinajstić information content (AvgIpc) is 3.23. The summed E-state index contributed by atoms with van der Waals surface area (Å²) in [6.07, 6.45) is 6.17. The molecule has 0 radical (unpaired) electrons. The third-order valence-corrected chi connectivity index (χ3v) is 3.98. The molecule has 0 saturated carbocycles. The quantitative estimate of drug-likeness (QED) is 0.913. The Morgan fingerprint density at radius 1 is 1.46 bits per heavy atom. The van der Waals surface area contributed by atoms with E-state index in [1.807, 2.05) is 29.1 Å². The minimum absolute atomic E-state index is 0.0140. The predicted octanol–water partition coefficient (Wildman–Crippen LogP) is 2.22. The summed E-state index contributed by atoms with van der Waals surface area (Å²) in [6.45, 7) is 5.85. The fraction of sp³-hybridized carbons (Fsp3) is 0.471. The number of rotatable bonds is 5. The molecule has 3 rings (SSSR count). The van der Waals surface area contributed by atoms with Crippen LogP contribution in [0.25, 0.3) is 0 Å². The van der Waals surface area contributed by atoms with Crippen LogP contribution in [0.3, 0.4) is 0 Å². The maximum Gasteiger partial charge on any atom is 0.317 e. The molecular formula is C17H23N5O2. The predicted molar refractivity (Wildman–Crippen MR) is 89.7 cm³/mol. The van der Waals surface area contributed by atoms with E-state index in [2.05, 4.69) is 29.2 Å². The van der Waals surface area contributed by atoms with E-state index in [1.54, 1.807) is 17.3 Å². The highest BCUT2D eigenvalue weighted by Crippen LogP contribution is 2.17. The lowest BCUT2D eigenvalue weighted by atomic mass is 10.3. The number of pyridine rings is 1. The molecule has 1 N–H and O–H groups in total. The summed E-state index contributed by atoms with van der Waals surface area (Å²) >= 11 is 0. The molecule has 7 heteroatoms. The Labute approximate surface area is 141 Å². The van der Waals surface area contributed by atoms with Crippen molar-refractivity contribution in [1.82, 2.24) is 25.0 Å². The largest absolute Gasteiger partial charge is 0.487 e. The third-order valence-electron chi connectivity index (χ3n) is 3.98. The Balaban J connectivity index is 1.46. The first-order chi connectivity index (χ1) is 11.6. The highest BCUT2D eigenvalue weighted by Gasteiger charge is 2.27. The van der Waals surface area contributed by atoms with Crippen molar-refractivity contribution in [3.8, 4) is 5.75 Å². The number of hydrogen-bond donors (Lipinski definition) is 1. The van der Waals surface area contributed by atoms with Gasteiger partial charge in [0.25, 0.3) is 0 Å². The highest BCUT2D eigenvalue weighted by molar-refractivity contribution is 5.74. The normalized spacial score (nSPS) is 17.3. The van der Waals surface area contributed by atoms with Crippen LogP contribution in [-0.2, 0) is 6.54 Å². The van der Waals surface area contributed by atoms with Gasteiger partial charge < -0.3 is 15.0 Å². The monoisotopic (exact) mass is 329 g/mol. The second-order valence-corrected chi connectivity index (χ2v) is 6.20. The molecule has 2 amide bonds. The first-order valence-electron chi connectivity index (χ1n) is 8.25. The van der Waals surface area contributed by atoms with E-state index in [4.69, 9.17) is 4.74 Å². The Hall–Kier alpha value is -2.57. The van der Waals surface area contributed by atoms with Gasteiger partial charge in [0, 0.05) is 31.4 Å². The van der Waals surface area contributed by atoms with Gasteiger partial charge in [-0.15, -0.1) is 0 Å². The van der Waals surface area contributed by atoms with Gasteiger partial charge in [0.2, 0.25) is 0 Å². The van der Waals surface area contributed by atoms with Crippen molar-refractivity contribution < 1.29 is 9.53 Å². The van der Waals surface area contributed by atoms with Crippen LogP contribution in [0, 0.1) is 0 Å². The minimum atomic E-state index is -0.0774. The number of amides is 2. The summed E-state index contributed by atoms with van der Waals surface area (Å²) in [5.74, 6) is 0.740. The molecule has 128 valence electrons. The summed E-state index contributed by atoms with van der Waals surface area (Å²) in [4.78, 5) is 18.1. The molecule has 3 heterocycles. The van der Waals surface area contributed by atoms with Gasteiger partial charge in [0.05, 0.1) is 25.0 Å². The lowest BCUT2D eigenvalue weighted by Crippen LogP contribution is -2.39. The van der Waals surface area contributed by atoms with Crippen LogP contribution in [0.15, 0.2) is 36.8 Å². The molecule has 1 fully saturated rings. The van der Waals surface area contributed by atoms with Gasteiger partial charge >= 0.3 is 6.03 Å². The summed E-state index contributed by atoms with van der Waals surface area (Å²) in [5.41, 5.74) is 0.861. The summed E-state index contributed by atoms with van der Waals surface area (Å²) < 4.78 is 7.73. The van der Waals surface area contributed by atoms with Gasteiger partial charge in [0.1, 0.15) is 11.9 Å². The minimum Gasteiger partial charge on any atom is -0.487 e. The standard InChI is InChI=1S/C17H23N5O2/c1-13(2)22-9-5-14(20-22)10-19-17(23)21-8-6-16(12-21)24-15-4-3-7-18-11-15/h3-5,7,9,11,13,16H,6,8,10,12H2,1-2H3,(H,19,23)/t16-/m0/s1. The number of nitrogens with zero attached hydrogens (tertiary/aromatic N) is 4. The Morgan fingerprint density at radius 2 is 2.33 bits per heavy atom. The molecule has 2 aromatic heterocycles. The number of urea groups is 1. The first kappa shape index (κ1) is 16.3. The molecule has 7 nitrogen and oxygen atoms in total. The second-order valence-electron chi connectivity index (χ2n) is 6.20. The third kappa shape index (κ3) is 4.04. The zero-order valence-electron chi connectivity index (χ0n) is 14.1. The van der Waals surface area contributed by atoms with Gasteiger partial charge in [-0.05, 0) is 32.0 Å². The molecule has 0 bridgehead atoms. The number of carbonyl (C=O) groups is 1. The van der Waals surface area contributed by atoms with E-state index in [0.717, 1.165) is 17.9 Å². The van der Waals surface area contributed by atoms with Gasteiger partial charge in [0.15, 0.2) is 0 Å². The van der Waals surface area contributed by atoms with Gasteiger partial charge in [-0.3, -0.25) is 9.67 Å². The van der Waals surface area contributed by atoms with Crippen LogP contribution in [0.1, 0.15) is 32.0 Å². The van der Waals surface area contributed by atoms with Crippen LogP contribution in [-0.4, -0.2) is 44.9 Å². The lowest BCUT2D eigenvalue weighted by molar-refractivity contribution is 0.186. The number of ether oxygens (including phenoxy) is 1. The second kappa shape index (κ2) is 7.33. The van der Waals surface area contributed by atoms with Crippen molar-refractivity contribution in [2.45, 2.75) is 39.0 Å². The van der Waals surface area contributed by atoms with E-state index in [0.29, 0.717) is 25.7 Å². The van der Waals surface area contributed by atoms with Gasteiger partial charge in [-0.2, -0.15) is 5.10 Å². The molecular weight excluding hydrogens is 306 g/mol. The summed E-state index contributed by atoms with van der Waals surface area (Å²) in [7, 11) is 0. The fourth-order valence-electron chi connectivity index (χ4n) is 2.66. The molecule has 2 aromatic rings. The molecule has 1 atom stereocenters. The molecule has 1 saturated heterocycles. The van der Waals surface area contributed by atoms with Crippen LogP contribution in [0.2, 0.25) is 0 Å². The van der Waals surface area contributed by atoms with Gasteiger partial charge in [-0.25, -0.2) is 4.79 Å². The van der Waals surface area contributed by atoms with Gasteiger partial charge in [-0.1, -0.05) is 0 Å². The van der Waals surface area contributed by atoms with Crippen LogP contribution < -0.4 is 10.1 Å². The Kier molecular flexibility index (Phi) is 4.98. The number of nitrogens with one attached hydrogen (secondary N) is 1. The van der Waals surface area contributed by atoms with Crippen molar-refractivity contribution >= 4 is 6.03 Å². The van der Waals surface area contributed by atoms with E-state index >= 15 is 0 Å². The smallest absolute Gasteiger partial charge is 0.317 e. The van der Waals surface area contributed by atoms with Crippen LogP contribution in [0.5, 0.6) is 5.75 Å². The van der Waals surface area contributed by atoms with Crippen LogP contribution in [0.4, 0.5) is 4.79 Å². The lowest BCUT2D eigenvalue weighted by Gasteiger charge is -2.17. The van der Waals surface area contributed by atoms with E-state index in [1.165, 1.54) is 0 Å². The molecule has 0 aromatic carbocycles. The molecule has 1 aliphatic heterocycles. The SMILES string of the molecule is CC(C)n1ccc(CNC(=O)N2CC[C@H](Oc3cccnc3)C2)n1. The molecule has 0 unspecified atom stereocenters. The molecule has 0 spiro atoms. The molecule has 1 aliphatic rings. The van der Waals surface area contributed by atoms with Crippen molar-refractivity contribution in [2.75, 3.05) is 13.1 Å². The topological polar surface area (TPSA) is 72.3 Å². The number of likely N-dealkylation sites (tertiary alicyclic amines) is 1. The number of hydrogen-bond acceptors (Lipinski definition) is 4. The average molecular weight is 329 g/mol. The first-order valence-corrected chi connectivity index (χ1v) is 8.25. The maximum absolute atomic E-state index is 12.3. The Morgan fingerprint density at radius 3 is 3.04 bits per heavy atom. The number of carbonyl (C=O) groups excluding carboxylic acids is 1. The summed E-state index contributed by atoms with van der Waals surface area (Å²) in [6, 6.07) is 5.88. The van der Waals surface area contributed by atoms with E-state index in [9.17, 15) is 4.79 Å². The summed E-state index contributed by atoms with van der Waals surface area (Å²) in [5, 5.41) is 7.35.